The zero-order chi connectivity index (χ0) is 18.8. The molecule has 2 aliphatic rings. The highest BCUT2D eigenvalue weighted by Gasteiger charge is 2.30. The number of carbonyl (C=O) groups excluding carboxylic acids is 1. The standard InChI is InChI=1S/C21H24N2O4/c1-23-20(22-17-8-4-3-7-16(17)21(23)24)14-9-10-18(19(12-14)25-2)27-13-15-6-5-11-26-15/h3-4,7-10,12,15,20,22H,5-6,11,13H2,1-2H3. The summed E-state index contributed by atoms with van der Waals surface area (Å²) in [6.07, 6.45) is 1.99. The average molecular weight is 368 g/mol. The lowest BCUT2D eigenvalue weighted by Gasteiger charge is -2.35. The zero-order valence-corrected chi connectivity index (χ0v) is 15.6. The quantitative estimate of drug-likeness (QED) is 0.876. The van der Waals surface area contributed by atoms with Crippen LogP contribution in [-0.2, 0) is 4.74 Å². The zero-order valence-electron chi connectivity index (χ0n) is 15.6. The summed E-state index contributed by atoms with van der Waals surface area (Å²) in [5.41, 5.74) is 2.45. The highest BCUT2D eigenvalue weighted by Crippen LogP contribution is 2.36. The Labute approximate surface area is 159 Å². The smallest absolute Gasteiger partial charge is 0.257 e. The van der Waals surface area contributed by atoms with Crippen molar-refractivity contribution in [2.45, 2.75) is 25.1 Å². The second-order valence-corrected chi connectivity index (χ2v) is 6.86. The Hall–Kier alpha value is -2.73. The summed E-state index contributed by atoms with van der Waals surface area (Å²) >= 11 is 0. The molecule has 2 aromatic rings. The molecule has 142 valence electrons. The van der Waals surface area contributed by atoms with Gasteiger partial charge in [0.15, 0.2) is 11.5 Å². The van der Waals surface area contributed by atoms with Crippen LogP contribution in [0, 0.1) is 0 Å². The van der Waals surface area contributed by atoms with Crippen molar-refractivity contribution in [3.8, 4) is 11.5 Å². The summed E-state index contributed by atoms with van der Waals surface area (Å²) in [5.74, 6) is 1.32. The van der Waals surface area contributed by atoms with Gasteiger partial charge in [0.1, 0.15) is 12.8 Å². The molecular weight excluding hydrogens is 344 g/mol. The van der Waals surface area contributed by atoms with Crippen LogP contribution in [0.5, 0.6) is 11.5 Å². The van der Waals surface area contributed by atoms with E-state index in [1.807, 2.05) is 42.5 Å². The van der Waals surface area contributed by atoms with Gasteiger partial charge in [0, 0.05) is 19.3 Å². The van der Waals surface area contributed by atoms with Crippen molar-refractivity contribution in [1.29, 1.82) is 0 Å². The molecule has 1 saturated heterocycles. The first-order chi connectivity index (χ1) is 13.2. The summed E-state index contributed by atoms with van der Waals surface area (Å²) in [5, 5.41) is 3.43. The van der Waals surface area contributed by atoms with Gasteiger partial charge in [-0.25, -0.2) is 0 Å². The first kappa shape index (κ1) is 17.7. The Morgan fingerprint density at radius 1 is 1.22 bits per heavy atom. The number of benzene rings is 2. The van der Waals surface area contributed by atoms with Gasteiger partial charge in [0.25, 0.3) is 5.91 Å². The SMILES string of the molecule is COc1cc(C2Nc3ccccc3C(=O)N2C)ccc1OCC1CCCO1. The van der Waals surface area contributed by atoms with Gasteiger partial charge in [-0.2, -0.15) is 0 Å². The third-order valence-electron chi connectivity index (χ3n) is 5.11. The monoisotopic (exact) mass is 368 g/mol. The molecule has 1 amide bonds. The summed E-state index contributed by atoms with van der Waals surface area (Å²) in [7, 11) is 3.42. The Kier molecular flexibility index (Phi) is 4.90. The normalized spacial score (nSPS) is 21.6. The minimum absolute atomic E-state index is 0.00738. The van der Waals surface area contributed by atoms with E-state index >= 15 is 0 Å². The molecule has 0 aromatic heterocycles. The summed E-state index contributed by atoms with van der Waals surface area (Å²) in [6.45, 7) is 1.32. The fourth-order valence-electron chi connectivity index (χ4n) is 3.59. The first-order valence-corrected chi connectivity index (χ1v) is 9.22. The molecule has 1 fully saturated rings. The van der Waals surface area contributed by atoms with Crippen molar-refractivity contribution >= 4 is 11.6 Å². The van der Waals surface area contributed by atoms with Gasteiger partial charge in [-0.1, -0.05) is 18.2 Å². The lowest BCUT2D eigenvalue weighted by Crippen LogP contribution is -2.40. The number of anilines is 1. The number of fused-ring (bicyclic) bond motifs is 1. The van der Waals surface area contributed by atoms with Gasteiger partial charge >= 0.3 is 0 Å². The van der Waals surface area contributed by atoms with Crippen molar-refractivity contribution in [1.82, 2.24) is 4.90 Å². The molecule has 0 aliphatic carbocycles. The third-order valence-corrected chi connectivity index (χ3v) is 5.11. The summed E-state index contributed by atoms with van der Waals surface area (Å²) < 4.78 is 17.0. The summed E-state index contributed by atoms with van der Waals surface area (Å²) in [4.78, 5) is 14.4. The van der Waals surface area contributed by atoms with Gasteiger partial charge in [0.2, 0.25) is 0 Å². The van der Waals surface area contributed by atoms with Crippen LogP contribution in [0.4, 0.5) is 5.69 Å². The maximum absolute atomic E-state index is 12.7. The molecule has 2 aliphatic heterocycles. The molecule has 0 spiro atoms. The molecular formula is C21H24N2O4. The minimum atomic E-state index is -0.270. The Morgan fingerprint density at radius 2 is 2.07 bits per heavy atom. The van der Waals surface area contributed by atoms with Crippen molar-refractivity contribution in [3.05, 3.63) is 53.6 Å². The van der Waals surface area contributed by atoms with Gasteiger partial charge in [0.05, 0.1) is 18.8 Å². The average Bonchev–Trinajstić information content (AvgIpc) is 3.22. The topological polar surface area (TPSA) is 60.0 Å². The van der Waals surface area contributed by atoms with Crippen LogP contribution in [0.2, 0.25) is 0 Å². The molecule has 2 aromatic carbocycles. The molecule has 2 unspecified atom stereocenters. The lowest BCUT2D eigenvalue weighted by atomic mass is 10.0. The van der Waals surface area contributed by atoms with Crippen molar-refractivity contribution < 1.29 is 19.0 Å². The van der Waals surface area contributed by atoms with Crippen molar-refractivity contribution in [2.24, 2.45) is 0 Å². The van der Waals surface area contributed by atoms with Gasteiger partial charge in [-0.15, -0.1) is 0 Å². The maximum Gasteiger partial charge on any atom is 0.257 e. The number of methoxy groups -OCH3 is 1. The molecule has 6 nitrogen and oxygen atoms in total. The Balaban J connectivity index is 1.56. The van der Waals surface area contributed by atoms with E-state index in [1.54, 1.807) is 19.1 Å². The largest absolute Gasteiger partial charge is 0.493 e. The number of carbonyl (C=O) groups is 1. The molecule has 1 N–H and O–H groups in total. The molecule has 4 rings (SSSR count). The van der Waals surface area contributed by atoms with Gasteiger partial charge < -0.3 is 24.4 Å². The van der Waals surface area contributed by atoms with E-state index in [0.29, 0.717) is 23.7 Å². The van der Waals surface area contributed by atoms with E-state index < -0.39 is 0 Å². The van der Waals surface area contributed by atoms with Crippen LogP contribution in [0.15, 0.2) is 42.5 Å². The number of hydrogen-bond donors (Lipinski definition) is 1. The molecule has 0 bridgehead atoms. The highest BCUT2D eigenvalue weighted by atomic mass is 16.5. The van der Waals surface area contributed by atoms with E-state index in [0.717, 1.165) is 30.7 Å². The number of nitrogens with one attached hydrogen (secondary N) is 1. The minimum Gasteiger partial charge on any atom is -0.493 e. The molecule has 6 heteroatoms. The number of para-hydroxylation sites is 1. The van der Waals surface area contributed by atoms with E-state index in [9.17, 15) is 4.79 Å². The number of rotatable bonds is 5. The van der Waals surface area contributed by atoms with E-state index in [-0.39, 0.29) is 18.2 Å². The van der Waals surface area contributed by atoms with Crippen molar-refractivity contribution in [2.75, 3.05) is 32.7 Å². The van der Waals surface area contributed by atoms with E-state index in [1.165, 1.54) is 0 Å². The molecule has 0 saturated carbocycles. The van der Waals surface area contributed by atoms with E-state index in [4.69, 9.17) is 14.2 Å². The predicted molar refractivity (Wildman–Crippen MR) is 102 cm³/mol. The van der Waals surface area contributed by atoms with Crippen LogP contribution in [0.25, 0.3) is 0 Å². The Morgan fingerprint density at radius 3 is 2.85 bits per heavy atom. The molecule has 27 heavy (non-hydrogen) atoms. The van der Waals surface area contributed by atoms with Crippen LogP contribution >= 0.6 is 0 Å². The number of ether oxygens (including phenoxy) is 3. The van der Waals surface area contributed by atoms with Crippen LogP contribution in [0.3, 0.4) is 0 Å². The lowest BCUT2D eigenvalue weighted by molar-refractivity contribution is 0.0668. The van der Waals surface area contributed by atoms with Crippen LogP contribution in [0.1, 0.15) is 34.9 Å². The van der Waals surface area contributed by atoms with Crippen LogP contribution in [-0.4, -0.2) is 44.3 Å². The second kappa shape index (κ2) is 7.48. The molecule has 2 atom stereocenters. The third kappa shape index (κ3) is 3.45. The van der Waals surface area contributed by atoms with Gasteiger partial charge in [-0.3, -0.25) is 4.79 Å². The molecule has 2 heterocycles. The maximum atomic E-state index is 12.7. The van der Waals surface area contributed by atoms with E-state index in [2.05, 4.69) is 5.32 Å². The fraction of sp³-hybridized carbons (Fsp3) is 0.381. The second-order valence-electron chi connectivity index (χ2n) is 6.86. The molecule has 0 radical (unpaired) electrons. The van der Waals surface area contributed by atoms with Gasteiger partial charge in [-0.05, 0) is 42.7 Å². The van der Waals surface area contributed by atoms with Crippen LogP contribution < -0.4 is 14.8 Å². The summed E-state index contributed by atoms with van der Waals surface area (Å²) in [6, 6.07) is 13.3. The first-order valence-electron chi connectivity index (χ1n) is 9.22. The van der Waals surface area contributed by atoms with Crippen molar-refractivity contribution in [3.63, 3.8) is 0 Å². The Bertz CT molecular complexity index is 833. The highest BCUT2D eigenvalue weighted by molar-refractivity contribution is 6.01. The number of nitrogens with zero attached hydrogens (tertiary/aromatic N) is 1. The number of hydrogen-bond acceptors (Lipinski definition) is 5. The fourth-order valence-corrected chi connectivity index (χ4v) is 3.59. The predicted octanol–water partition coefficient (Wildman–Crippen LogP) is 3.45. The number of amides is 1.